The van der Waals surface area contributed by atoms with Gasteiger partial charge in [0.1, 0.15) is 36.6 Å². The fourth-order valence-corrected chi connectivity index (χ4v) is 7.24. The molecule has 1 aliphatic rings. The van der Waals surface area contributed by atoms with Crippen molar-refractivity contribution >= 4 is 54.8 Å². The van der Waals surface area contributed by atoms with Crippen LogP contribution < -0.4 is 448 Å². The molecule has 27 nitrogen and oxygen atoms in total. The summed E-state index contributed by atoms with van der Waals surface area (Å²) in [6, 6.07) is 0. The Labute approximate surface area is 588 Å². The minimum atomic E-state index is -6.97. The van der Waals surface area contributed by atoms with Crippen LogP contribution in [0.5, 0.6) is 0 Å². The van der Waals surface area contributed by atoms with Gasteiger partial charge in [-0.25, -0.2) is 0 Å². The number of hydrogen-bond donors (Lipinski definition) is 0. The third-order valence-corrected chi connectivity index (χ3v) is 8.26. The number of phosphoric ester groups is 6. The Morgan fingerprint density at radius 2 is 0.377 bits per heavy atom. The summed E-state index contributed by atoms with van der Waals surface area (Å²) in [7, 11) is -47.8. The first-order chi connectivity index (χ1) is 17.3. The summed E-state index contributed by atoms with van der Waals surface area (Å²) < 4.78 is 103. The van der Waals surface area contributed by atoms with Gasteiger partial charge in [0.25, 0.3) is 7.82 Å². The van der Waals surface area contributed by atoms with E-state index in [0.717, 1.165) is 0 Å². The van der Waals surface area contributed by atoms with E-state index in [9.17, 15) is 95.6 Å². The van der Waals surface area contributed by atoms with Gasteiger partial charge in [0.05, 0.1) is 46.9 Å². The van der Waals surface area contributed by atoms with Crippen molar-refractivity contribution in [3.05, 3.63) is 0 Å². The molecule has 0 saturated heterocycles. The number of hydrogen-bond acceptors (Lipinski definition) is 27. The van der Waals surface area contributed by atoms with Gasteiger partial charge >= 0.3 is 384 Å². The SMILES string of the molecule is O=P([O-])([O-])OC1[C@@H](OP(=O)([O-])[O-])[C@H](OP(=O)([O-])[O-])C(OP(=O)([O-])OP(=O)([O-])[O-])[C@H](OP(=O)([O-])[O-])[C@H]1OP(=O)([O-])[O-].[Na+].[Na+].[Na+].[Na+].[Na+].[Na+].[Na+].[Na+].[Na+].[Na+].[Na+].[Na+].[Na+]. The normalized spacial score (nSPS) is 22.1. The van der Waals surface area contributed by atoms with Crippen molar-refractivity contribution in [3.63, 3.8) is 0 Å². The first-order valence-electron chi connectivity index (χ1n) is 8.53. The van der Waals surface area contributed by atoms with Crippen LogP contribution in [-0.4, -0.2) is 36.6 Å². The zero-order chi connectivity index (χ0) is 31.9. The Morgan fingerprint density at radius 1 is 0.245 bits per heavy atom. The first-order valence-corrected chi connectivity index (χ1v) is 18.8. The maximum absolute atomic E-state index is 11.9. The van der Waals surface area contributed by atoms with E-state index < -0.39 is 91.4 Å². The van der Waals surface area contributed by atoms with Crippen LogP contribution >= 0.6 is 54.8 Å². The summed E-state index contributed by atoms with van der Waals surface area (Å²) in [5.74, 6) is 0. The smallest absolute Gasteiger partial charge is 0.790 e. The summed E-state index contributed by atoms with van der Waals surface area (Å²) in [5, 5.41) is 0. The molecule has 0 heterocycles. The molecule has 1 rings (SSSR count). The maximum Gasteiger partial charge on any atom is 1.00 e. The molecule has 240 valence electrons. The molecule has 3 unspecified atom stereocenters. The second kappa shape index (κ2) is 42.3. The van der Waals surface area contributed by atoms with Crippen LogP contribution in [0.3, 0.4) is 0 Å². The van der Waals surface area contributed by atoms with Crippen LogP contribution in [0.15, 0.2) is 0 Å². The minimum Gasteiger partial charge on any atom is -0.790 e. The van der Waals surface area contributed by atoms with Crippen molar-refractivity contribution in [1.82, 2.24) is 0 Å². The van der Waals surface area contributed by atoms with Gasteiger partial charge < -0.3 is 118 Å². The Morgan fingerprint density at radius 3 is 0.491 bits per heavy atom. The summed E-state index contributed by atoms with van der Waals surface area (Å²) in [6.45, 7) is 0. The predicted molar refractivity (Wildman–Crippen MR) is 83.6 cm³/mol. The molecule has 7 atom stereocenters. The van der Waals surface area contributed by atoms with E-state index in [1.807, 2.05) is 0 Å². The Balaban J connectivity index is -0.000000112. The molecule has 0 N–H and O–H groups in total. The molecule has 0 aromatic carbocycles. The molecular weight excluding hydrogens is 1020 g/mol. The topological polar surface area (TPSA) is 484 Å². The van der Waals surface area contributed by atoms with Gasteiger partial charge in [-0.15, -0.1) is 0 Å². The second-order valence-electron chi connectivity index (χ2n) is 6.63. The molecule has 1 aliphatic carbocycles. The van der Waals surface area contributed by atoms with Crippen molar-refractivity contribution in [1.29, 1.82) is 0 Å². The standard InChI is InChI=1S/C6H19O27P7.13Na/c7-34(8,9)27-1-2(28-35(10,11)12)4(30-37(16,17)18)6(32-40(25,26)33-39(22,23)24)5(31-38(19,20)21)3(1)29-36(13,14)15;;;;;;;;;;;;;/h1-6H,(H,25,26)(H2,7,8,9)(H2,10,11,12)(H2,13,14,15)(H2,16,17,18)(H2,19,20,21)(H2,22,23,24);;;;;;;;;;;;;/q;13*+1/p-13/t1?,2-,3+,4+,5-,6?;;;;;;;;;;;;;. The van der Waals surface area contributed by atoms with Crippen molar-refractivity contribution in [2.24, 2.45) is 0 Å². The molecular formula is C6H6Na13O27P7. The fourth-order valence-electron chi connectivity index (χ4n) is 2.88. The minimum absolute atomic E-state index is 0. The molecule has 47 heteroatoms. The third kappa shape index (κ3) is 49.2. The average Bonchev–Trinajstić information content (AvgIpc) is 2.57. The van der Waals surface area contributed by atoms with Crippen molar-refractivity contribution in [2.45, 2.75) is 36.6 Å². The first kappa shape index (κ1) is 99.9. The Kier molecular flexibility index (Phi) is 79.8. The molecule has 0 amide bonds. The van der Waals surface area contributed by atoms with E-state index in [1.54, 1.807) is 0 Å². The van der Waals surface area contributed by atoms with Gasteiger partial charge in [0.15, 0.2) is 0 Å². The predicted octanol–water partition coefficient (Wildman–Crippen LogP) is -50.2. The Bertz CT molecular complexity index is 1200. The molecule has 0 spiro atoms. The quantitative estimate of drug-likeness (QED) is 0.115. The number of rotatable bonds is 14. The van der Waals surface area contributed by atoms with Crippen LogP contribution in [-0.2, 0) is 63.4 Å². The van der Waals surface area contributed by atoms with Crippen LogP contribution in [0.1, 0.15) is 0 Å². The van der Waals surface area contributed by atoms with Crippen LogP contribution in [0, 0.1) is 0 Å². The fraction of sp³-hybridized carbons (Fsp3) is 1.00. The van der Waals surface area contributed by atoms with Crippen LogP contribution in [0.25, 0.3) is 0 Å². The van der Waals surface area contributed by atoms with Gasteiger partial charge in [-0.05, 0) is 0 Å². The molecule has 53 heavy (non-hydrogen) atoms. The van der Waals surface area contributed by atoms with Gasteiger partial charge in [0, 0.05) is 0 Å². The number of phosphoric acid groups is 7. The molecule has 0 aliphatic heterocycles. The van der Waals surface area contributed by atoms with E-state index in [-0.39, 0.29) is 384 Å². The van der Waals surface area contributed by atoms with E-state index in [4.69, 9.17) is 0 Å². The molecule has 0 aromatic rings. The summed E-state index contributed by atoms with van der Waals surface area (Å²) in [4.78, 5) is 145. The van der Waals surface area contributed by atoms with E-state index in [0.29, 0.717) is 0 Å². The van der Waals surface area contributed by atoms with Crippen molar-refractivity contribution < 1.29 is 511 Å². The zero-order valence-corrected chi connectivity index (χ0v) is 62.9. The van der Waals surface area contributed by atoms with Crippen LogP contribution in [0.4, 0.5) is 0 Å². The molecule has 1 saturated carbocycles. The van der Waals surface area contributed by atoms with E-state index in [2.05, 4.69) is 31.5 Å². The summed E-state index contributed by atoms with van der Waals surface area (Å²) >= 11 is 0. The van der Waals surface area contributed by atoms with Crippen molar-refractivity contribution in [2.75, 3.05) is 0 Å². The van der Waals surface area contributed by atoms with Gasteiger partial charge in [0.2, 0.25) is 0 Å². The third-order valence-electron chi connectivity index (χ3n) is 3.65. The molecule has 0 radical (unpaired) electrons. The monoisotopic (exact) mass is 1030 g/mol. The largest absolute Gasteiger partial charge is 1.00 e. The van der Waals surface area contributed by atoms with Crippen LogP contribution in [0.2, 0.25) is 0 Å². The van der Waals surface area contributed by atoms with E-state index >= 15 is 0 Å². The summed E-state index contributed by atoms with van der Waals surface area (Å²) in [5.41, 5.74) is 0. The van der Waals surface area contributed by atoms with Crippen molar-refractivity contribution in [3.8, 4) is 0 Å². The Hall–Kier alpha value is 13.8. The zero-order valence-electron chi connectivity index (χ0n) is 30.6. The molecule has 1 fully saturated rings. The van der Waals surface area contributed by atoms with Gasteiger partial charge in [-0.3, -0.25) is 8.88 Å². The second-order valence-corrected chi connectivity index (χ2v) is 14.8. The molecule has 0 bridgehead atoms. The average molecular weight is 1030 g/mol. The molecule has 0 aromatic heterocycles. The maximum atomic E-state index is 11.9. The summed E-state index contributed by atoms with van der Waals surface area (Å²) in [6.07, 6.45) is -22.5. The van der Waals surface area contributed by atoms with Gasteiger partial charge in [-0.2, -0.15) is 0 Å². The van der Waals surface area contributed by atoms with Gasteiger partial charge in [-0.1, -0.05) is 0 Å². The van der Waals surface area contributed by atoms with E-state index in [1.165, 1.54) is 0 Å².